The molecule has 20 heavy (non-hydrogen) atoms. The minimum absolute atomic E-state index is 0.0614. The van der Waals surface area contributed by atoms with E-state index in [9.17, 15) is 4.79 Å². The molecule has 0 atom stereocenters. The fraction of sp³-hybridized carbons (Fsp3) is 0.286. The van der Waals surface area contributed by atoms with Gasteiger partial charge in [0, 0.05) is 23.2 Å². The van der Waals surface area contributed by atoms with Crippen molar-refractivity contribution in [2.24, 2.45) is 0 Å². The SMILES string of the molecule is Cc1ncc(CNc2cc3c(cc2N)CCC(=O)N3)s1. The number of nitrogens with zero attached hydrogens (tertiary/aromatic N) is 1. The number of carbonyl (C=O) groups is 1. The summed E-state index contributed by atoms with van der Waals surface area (Å²) < 4.78 is 0. The number of amides is 1. The van der Waals surface area contributed by atoms with Crippen LogP contribution in [-0.2, 0) is 17.8 Å². The monoisotopic (exact) mass is 288 g/mol. The van der Waals surface area contributed by atoms with Crippen LogP contribution in [0.2, 0.25) is 0 Å². The van der Waals surface area contributed by atoms with Crippen molar-refractivity contribution in [3.05, 3.63) is 33.8 Å². The number of nitrogen functional groups attached to an aromatic ring is 1. The van der Waals surface area contributed by atoms with E-state index < -0.39 is 0 Å². The number of rotatable bonds is 3. The summed E-state index contributed by atoms with van der Waals surface area (Å²) in [7, 11) is 0. The van der Waals surface area contributed by atoms with Gasteiger partial charge in [-0.2, -0.15) is 0 Å². The lowest BCUT2D eigenvalue weighted by Crippen LogP contribution is -2.19. The van der Waals surface area contributed by atoms with E-state index in [0.717, 1.165) is 33.2 Å². The molecule has 0 spiro atoms. The number of nitrogens with two attached hydrogens (primary N) is 1. The predicted octanol–water partition coefficient (Wildman–Crippen LogP) is 2.53. The quantitative estimate of drug-likeness (QED) is 0.758. The van der Waals surface area contributed by atoms with E-state index in [0.29, 0.717) is 18.7 Å². The Hall–Kier alpha value is -2.08. The summed E-state index contributed by atoms with van der Waals surface area (Å²) in [6.07, 6.45) is 3.14. The van der Waals surface area contributed by atoms with E-state index in [-0.39, 0.29) is 5.91 Å². The number of fused-ring (bicyclic) bond motifs is 1. The molecule has 0 unspecified atom stereocenters. The van der Waals surface area contributed by atoms with Gasteiger partial charge in [0.1, 0.15) is 0 Å². The molecule has 1 aliphatic heterocycles. The van der Waals surface area contributed by atoms with Crippen LogP contribution < -0.4 is 16.4 Å². The van der Waals surface area contributed by atoms with Crippen molar-refractivity contribution < 1.29 is 4.79 Å². The number of anilines is 3. The third-order valence-electron chi connectivity index (χ3n) is 3.29. The summed E-state index contributed by atoms with van der Waals surface area (Å²) in [5.41, 5.74) is 9.57. The van der Waals surface area contributed by atoms with Gasteiger partial charge in [-0.1, -0.05) is 0 Å². The molecule has 6 heteroatoms. The van der Waals surface area contributed by atoms with Gasteiger partial charge in [0.05, 0.1) is 22.9 Å². The van der Waals surface area contributed by atoms with Gasteiger partial charge in [-0.05, 0) is 31.0 Å². The fourth-order valence-corrected chi connectivity index (χ4v) is 3.00. The van der Waals surface area contributed by atoms with Crippen LogP contribution in [0.4, 0.5) is 17.1 Å². The molecule has 1 amide bonds. The minimum Gasteiger partial charge on any atom is -0.397 e. The second-order valence-electron chi connectivity index (χ2n) is 4.84. The predicted molar refractivity (Wildman–Crippen MR) is 82.0 cm³/mol. The summed E-state index contributed by atoms with van der Waals surface area (Å²) in [6.45, 7) is 2.67. The minimum atomic E-state index is 0.0614. The van der Waals surface area contributed by atoms with Crippen molar-refractivity contribution in [2.75, 3.05) is 16.4 Å². The lowest BCUT2D eigenvalue weighted by Gasteiger charge is -2.19. The highest BCUT2D eigenvalue weighted by molar-refractivity contribution is 7.11. The number of aryl methyl sites for hydroxylation is 2. The Labute approximate surface area is 121 Å². The molecule has 1 aromatic carbocycles. The Morgan fingerprint density at radius 2 is 2.30 bits per heavy atom. The first-order valence-corrected chi connectivity index (χ1v) is 7.31. The van der Waals surface area contributed by atoms with Gasteiger partial charge < -0.3 is 16.4 Å². The lowest BCUT2D eigenvalue weighted by molar-refractivity contribution is -0.116. The molecule has 5 nitrogen and oxygen atoms in total. The van der Waals surface area contributed by atoms with Crippen molar-refractivity contribution in [1.82, 2.24) is 4.98 Å². The van der Waals surface area contributed by atoms with E-state index in [2.05, 4.69) is 15.6 Å². The Bertz CT molecular complexity index is 665. The zero-order chi connectivity index (χ0) is 14.1. The van der Waals surface area contributed by atoms with Gasteiger partial charge in [-0.15, -0.1) is 11.3 Å². The van der Waals surface area contributed by atoms with Gasteiger partial charge in [-0.3, -0.25) is 4.79 Å². The highest BCUT2D eigenvalue weighted by Crippen LogP contribution is 2.31. The van der Waals surface area contributed by atoms with E-state index in [4.69, 9.17) is 5.73 Å². The van der Waals surface area contributed by atoms with E-state index in [1.54, 1.807) is 11.3 Å². The number of hydrogen-bond acceptors (Lipinski definition) is 5. The summed E-state index contributed by atoms with van der Waals surface area (Å²) >= 11 is 1.66. The number of carbonyl (C=O) groups excluding carboxylic acids is 1. The zero-order valence-corrected chi connectivity index (χ0v) is 12.0. The summed E-state index contributed by atoms with van der Waals surface area (Å²) in [5, 5.41) is 7.24. The summed E-state index contributed by atoms with van der Waals surface area (Å²) in [4.78, 5) is 16.8. The van der Waals surface area contributed by atoms with Crippen molar-refractivity contribution in [1.29, 1.82) is 0 Å². The number of thiazole rings is 1. The highest BCUT2D eigenvalue weighted by atomic mass is 32.1. The van der Waals surface area contributed by atoms with Crippen molar-refractivity contribution in [2.45, 2.75) is 26.3 Å². The maximum absolute atomic E-state index is 11.4. The zero-order valence-electron chi connectivity index (χ0n) is 11.2. The molecule has 3 rings (SSSR count). The molecule has 0 saturated carbocycles. The second kappa shape index (κ2) is 5.13. The van der Waals surface area contributed by atoms with Crippen LogP contribution in [0, 0.1) is 6.92 Å². The highest BCUT2D eigenvalue weighted by Gasteiger charge is 2.16. The molecule has 104 valence electrons. The normalized spacial score (nSPS) is 13.8. The van der Waals surface area contributed by atoms with Crippen LogP contribution in [0.25, 0.3) is 0 Å². The maximum atomic E-state index is 11.4. The molecule has 0 aliphatic carbocycles. The van der Waals surface area contributed by atoms with Crippen molar-refractivity contribution in [3.63, 3.8) is 0 Å². The molecular formula is C14H16N4OS. The molecule has 0 saturated heterocycles. The Balaban J connectivity index is 1.79. The van der Waals surface area contributed by atoms with Crippen molar-refractivity contribution in [3.8, 4) is 0 Å². The van der Waals surface area contributed by atoms with Gasteiger partial charge in [0.15, 0.2) is 0 Å². The molecule has 0 fully saturated rings. The van der Waals surface area contributed by atoms with Gasteiger partial charge in [0.25, 0.3) is 0 Å². The number of aromatic nitrogens is 1. The van der Waals surface area contributed by atoms with Crippen LogP contribution in [-0.4, -0.2) is 10.9 Å². The van der Waals surface area contributed by atoms with Crippen LogP contribution in [0.3, 0.4) is 0 Å². The Morgan fingerprint density at radius 1 is 1.45 bits per heavy atom. The molecular weight excluding hydrogens is 272 g/mol. The Morgan fingerprint density at radius 3 is 3.05 bits per heavy atom. The van der Waals surface area contributed by atoms with Crippen molar-refractivity contribution >= 4 is 34.3 Å². The van der Waals surface area contributed by atoms with Crippen LogP contribution in [0.5, 0.6) is 0 Å². The molecule has 0 bridgehead atoms. The third-order valence-corrected chi connectivity index (χ3v) is 4.21. The molecule has 4 N–H and O–H groups in total. The van der Waals surface area contributed by atoms with Crippen LogP contribution in [0.1, 0.15) is 21.9 Å². The standard InChI is InChI=1S/C14H16N4OS/c1-8-16-6-10(20-8)7-17-13-5-12-9(4-11(13)15)2-3-14(19)18-12/h4-6,17H,2-3,7,15H2,1H3,(H,18,19). The fourth-order valence-electron chi connectivity index (χ4n) is 2.27. The smallest absolute Gasteiger partial charge is 0.224 e. The topological polar surface area (TPSA) is 80.0 Å². The van der Waals surface area contributed by atoms with Gasteiger partial charge in [-0.25, -0.2) is 4.98 Å². The average Bonchev–Trinajstić information content (AvgIpc) is 2.83. The maximum Gasteiger partial charge on any atom is 0.224 e. The Kier molecular flexibility index (Phi) is 3.31. The molecule has 1 aliphatic rings. The third kappa shape index (κ3) is 2.60. The first-order chi connectivity index (χ1) is 9.61. The van der Waals surface area contributed by atoms with Crippen LogP contribution >= 0.6 is 11.3 Å². The molecule has 2 aromatic rings. The lowest BCUT2D eigenvalue weighted by atomic mass is 10.0. The number of benzene rings is 1. The van der Waals surface area contributed by atoms with Gasteiger partial charge in [0.2, 0.25) is 5.91 Å². The van der Waals surface area contributed by atoms with E-state index in [1.807, 2.05) is 25.3 Å². The van der Waals surface area contributed by atoms with E-state index >= 15 is 0 Å². The second-order valence-corrected chi connectivity index (χ2v) is 6.16. The number of nitrogens with one attached hydrogen (secondary N) is 2. The molecule has 2 heterocycles. The first-order valence-electron chi connectivity index (χ1n) is 6.49. The van der Waals surface area contributed by atoms with E-state index in [1.165, 1.54) is 0 Å². The largest absolute Gasteiger partial charge is 0.397 e. The summed E-state index contributed by atoms with van der Waals surface area (Å²) in [5.74, 6) is 0.0614. The van der Waals surface area contributed by atoms with Crippen LogP contribution in [0.15, 0.2) is 18.3 Å². The molecule has 1 aromatic heterocycles. The number of hydrogen-bond donors (Lipinski definition) is 3. The average molecular weight is 288 g/mol. The van der Waals surface area contributed by atoms with Gasteiger partial charge >= 0.3 is 0 Å². The summed E-state index contributed by atoms with van der Waals surface area (Å²) in [6, 6.07) is 3.85. The molecule has 0 radical (unpaired) electrons. The first kappa shape index (κ1) is 12.9.